The molecule has 1 saturated heterocycles. The summed E-state index contributed by atoms with van der Waals surface area (Å²) in [6, 6.07) is 6.23. The molecule has 0 bridgehead atoms. The van der Waals surface area contributed by atoms with Gasteiger partial charge in [-0.25, -0.2) is 0 Å². The summed E-state index contributed by atoms with van der Waals surface area (Å²) in [5, 5.41) is 13.1. The van der Waals surface area contributed by atoms with Crippen molar-refractivity contribution in [2.45, 2.75) is 32.2 Å². The van der Waals surface area contributed by atoms with Crippen molar-refractivity contribution in [2.24, 2.45) is 0 Å². The van der Waals surface area contributed by atoms with Crippen molar-refractivity contribution < 1.29 is 5.11 Å². The molecule has 1 heterocycles. The van der Waals surface area contributed by atoms with E-state index in [2.05, 4.69) is 11.4 Å². The zero-order chi connectivity index (χ0) is 9.97. The Kier molecular flexibility index (Phi) is 2.73. The van der Waals surface area contributed by atoms with E-state index >= 15 is 0 Å². The Bertz CT molecular complexity index is 316. The average Bonchev–Trinajstić information content (AvgIpc) is 2.23. The predicted octanol–water partition coefficient (Wildman–Crippen LogP) is 2.52. The second kappa shape index (κ2) is 4.01. The lowest BCUT2D eigenvalue weighted by atomic mass is 9.94. The minimum Gasteiger partial charge on any atom is -0.508 e. The summed E-state index contributed by atoms with van der Waals surface area (Å²) in [7, 11) is 0. The normalized spacial score (nSPS) is 22.2. The Morgan fingerprint density at radius 1 is 1.36 bits per heavy atom. The van der Waals surface area contributed by atoms with Gasteiger partial charge in [-0.1, -0.05) is 18.6 Å². The van der Waals surface area contributed by atoms with Crippen molar-refractivity contribution in [1.82, 2.24) is 5.32 Å². The van der Waals surface area contributed by atoms with Gasteiger partial charge in [-0.3, -0.25) is 0 Å². The zero-order valence-corrected chi connectivity index (χ0v) is 8.59. The summed E-state index contributed by atoms with van der Waals surface area (Å²) >= 11 is 0. The van der Waals surface area contributed by atoms with Crippen molar-refractivity contribution in [3.05, 3.63) is 29.3 Å². The number of phenols is 1. The number of piperidine rings is 1. The zero-order valence-electron chi connectivity index (χ0n) is 8.59. The molecule has 1 aromatic carbocycles. The van der Waals surface area contributed by atoms with Gasteiger partial charge in [0.2, 0.25) is 0 Å². The first-order valence-corrected chi connectivity index (χ1v) is 5.31. The largest absolute Gasteiger partial charge is 0.508 e. The number of rotatable bonds is 1. The van der Waals surface area contributed by atoms with Crippen LogP contribution in [0.15, 0.2) is 18.2 Å². The van der Waals surface area contributed by atoms with Crippen LogP contribution < -0.4 is 5.32 Å². The molecule has 0 unspecified atom stereocenters. The molecule has 0 aliphatic carbocycles. The monoisotopic (exact) mass is 191 g/mol. The molecule has 14 heavy (non-hydrogen) atoms. The summed E-state index contributed by atoms with van der Waals surface area (Å²) in [6.45, 7) is 3.08. The quantitative estimate of drug-likeness (QED) is 0.715. The fourth-order valence-electron chi connectivity index (χ4n) is 2.14. The molecule has 1 aromatic rings. The molecule has 2 rings (SSSR count). The minimum atomic E-state index is 0.412. The number of benzene rings is 1. The summed E-state index contributed by atoms with van der Waals surface area (Å²) < 4.78 is 0. The predicted molar refractivity (Wildman–Crippen MR) is 57.4 cm³/mol. The van der Waals surface area contributed by atoms with Crippen LogP contribution in [0.2, 0.25) is 0 Å². The highest BCUT2D eigenvalue weighted by Gasteiger charge is 2.17. The second-order valence-corrected chi connectivity index (χ2v) is 3.99. The molecule has 1 atom stereocenters. The van der Waals surface area contributed by atoms with Crippen LogP contribution in [0, 0.1) is 6.92 Å². The van der Waals surface area contributed by atoms with E-state index in [4.69, 9.17) is 0 Å². The van der Waals surface area contributed by atoms with Gasteiger partial charge in [0.1, 0.15) is 5.75 Å². The maximum absolute atomic E-state index is 9.60. The van der Waals surface area contributed by atoms with Crippen molar-refractivity contribution in [2.75, 3.05) is 6.54 Å². The summed E-state index contributed by atoms with van der Waals surface area (Å²) in [4.78, 5) is 0. The van der Waals surface area contributed by atoms with Gasteiger partial charge in [0.05, 0.1) is 0 Å². The van der Waals surface area contributed by atoms with Crippen LogP contribution in [-0.2, 0) is 0 Å². The smallest absolute Gasteiger partial charge is 0.118 e. The Balaban J connectivity index is 2.26. The maximum Gasteiger partial charge on any atom is 0.118 e. The summed E-state index contributed by atoms with van der Waals surface area (Å²) in [5.74, 6) is 0.412. The van der Waals surface area contributed by atoms with E-state index in [-0.39, 0.29) is 0 Å². The molecule has 0 spiro atoms. The van der Waals surface area contributed by atoms with Gasteiger partial charge >= 0.3 is 0 Å². The van der Waals surface area contributed by atoms with E-state index in [1.165, 1.54) is 24.8 Å². The van der Waals surface area contributed by atoms with Gasteiger partial charge in [-0.05, 0) is 43.5 Å². The molecule has 1 aliphatic rings. The second-order valence-electron chi connectivity index (χ2n) is 3.99. The lowest BCUT2D eigenvalue weighted by Crippen LogP contribution is -2.27. The maximum atomic E-state index is 9.60. The number of hydrogen-bond acceptors (Lipinski definition) is 2. The molecule has 0 amide bonds. The first-order valence-electron chi connectivity index (χ1n) is 5.31. The van der Waals surface area contributed by atoms with Crippen molar-refractivity contribution in [3.63, 3.8) is 0 Å². The van der Waals surface area contributed by atoms with Crippen LogP contribution in [0.25, 0.3) is 0 Å². The first kappa shape index (κ1) is 9.53. The number of nitrogens with one attached hydrogen (secondary N) is 1. The van der Waals surface area contributed by atoms with Crippen LogP contribution in [0.5, 0.6) is 5.75 Å². The lowest BCUT2D eigenvalue weighted by molar-refractivity contribution is 0.407. The van der Waals surface area contributed by atoms with Gasteiger partial charge in [0, 0.05) is 6.04 Å². The Morgan fingerprint density at radius 2 is 2.21 bits per heavy atom. The van der Waals surface area contributed by atoms with Gasteiger partial charge in [-0.15, -0.1) is 0 Å². The van der Waals surface area contributed by atoms with E-state index in [1.54, 1.807) is 6.07 Å². The van der Waals surface area contributed by atoms with E-state index < -0.39 is 0 Å². The lowest BCUT2D eigenvalue weighted by Gasteiger charge is -2.25. The van der Waals surface area contributed by atoms with Crippen molar-refractivity contribution in [3.8, 4) is 5.75 Å². The molecular weight excluding hydrogens is 174 g/mol. The Morgan fingerprint density at radius 3 is 2.93 bits per heavy atom. The summed E-state index contributed by atoms with van der Waals surface area (Å²) in [6.07, 6.45) is 3.74. The highest BCUT2D eigenvalue weighted by atomic mass is 16.3. The minimum absolute atomic E-state index is 0.412. The van der Waals surface area contributed by atoms with Crippen LogP contribution in [0.3, 0.4) is 0 Å². The number of phenolic OH excluding ortho intramolecular Hbond substituents is 1. The highest BCUT2D eigenvalue weighted by Crippen LogP contribution is 2.29. The van der Waals surface area contributed by atoms with E-state index in [0.29, 0.717) is 11.8 Å². The first-order chi connectivity index (χ1) is 6.79. The third kappa shape index (κ3) is 1.75. The fourth-order valence-corrected chi connectivity index (χ4v) is 2.14. The third-order valence-corrected chi connectivity index (χ3v) is 3.03. The van der Waals surface area contributed by atoms with E-state index in [9.17, 15) is 5.11 Å². The molecular formula is C12H17NO. The molecule has 76 valence electrons. The van der Waals surface area contributed by atoms with E-state index in [1.807, 2.05) is 13.0 Å². The molecule has 0 radical (unpaired) electrons. The summed E-state index contributed by atoms with van der Waals surface area (Å²) in [5.41, 5.74) is 2.27. The molecule has 1 fully saturated rings. The van der Waals surface area contributed by atoms with Crippen LogP contribution in [-0.4, -0.2) is 11.7 Å². The Labute approximate surface area is 85.0 Å². The van der Waals surface area contributed by atoms with Crippen LogP contribution >= 0.6 is 0 Å². The van der Waals surface area contributed by atoms with Crippen LogP contribution in [0.1, 0.15) is 36.4 Å². The molecule has 0 saturated carbocycles. The third-order valence-electron chi connectivity index (χ3n) is 3.03. The molecule has 2 heteroatoms. The highest BCUT2D eigenvalue weighted by molar-refractivity contribution is 5.39. The molecule has 2 nitrogen and oxygen atoms in total. The number of hydrogen-bond donors (Lipinski definition) is 2. The van der Waals surface area contributed by atoms with Crippen molar-refractivity contribution >= 4 is 0 Å². The van der Waals surface area contributed by atoms with Gasteiger partial charge in [-0.2, -0.15) is 0 Å². The van der Waals surface area contributed by atoms with Gasteiger partial charge in [0.15, 0.2) is 0 Å². The van der Waals surface area contributed by atoms with Crippen LogP contribution in [0.4, 0.5) is 0 Å². The number of aromatic hydroxyl groups is 1. The molecule has 2 N–H and O–H groups in total. The molecule has 0 aromatic heterocycles. The topological polar surface area (TPSA) is 32.3 Å². The van der Waals surface area contributed by atoms with Gasteiger partial charge < -0.3 is 10.4 Å². The van der Waals surface area contributed by atoms with Crippen molar-refractivity contribution in [1.29, 1.82) is 0 Å². The fraction of sp³-hybridized carbons (Fsp3) is 0.500. The SMILES string of the molecule is Cc1c(O)cccc1[C@H]1CCCCN1. The molecule has 1 aliphatic heterocycles. The standard InChI is InChI=1S/C12H17NO/c1-9-10(5-4-7-12(9)14)11-6-2-3-8-13-11/h4-5,7,11,13-14H,2-3,6,8H2,1H3/t11-/m1/s1. The Hall–Kier alpha value is -1.02. The van der Waals surface area contributed by atoms with E-state index in [0.717, 1.165) is 12.1 Å². The van der Waals surface area contributed by atoms with Gasteiger partial charge in [0.25, 0.3) is 0 Å². The average molecular weight is 191 g/mol.